The lowest BCUT2D eigenvalue weighted by molar-refractivity contribution is 0.112. The molecule has 0 fully saturated rings. The standard InChI is InChI=1S/C17H16O2/c18-12-14-6-9-17-15(10-14)7-8-16(19-17)11-13-4-2-1-3-5-13/h1-6,9-10,12,16H,7-8,11H2. The fraction of sp³-hybridized carbons (Fsp3) is 0.235. The molecule has 3 rings (SSSR count). The second kappa shape index (κ2) is 5.27. The predicted octanol–water partition coefficient (Wildman–Crippen LogP) is 3.44. The molecule has 0 spiro atoms. The Morgan fingerprint density at radius 2 is 2.00 bits per heavy atom. The van der Waals surface area contributed by atoms with Gasteiger partial charge in [0, 0.05) is 12.0 Å². The third kappa shape index (κ3) is 2.68. The van der Waals surface area contributed by atoms with E-state index < -0.39 is 0 Å². The number of carbonyl (C=O) groups excluding carboxylic acids is 1. The molecular weight excluding hydrogens is 236 g/mol. The normalized spacial score (nSPS) is 17.4. The minimum absolute atomic E-state index is 0.233. The molecule has 1 atom stereocenters. The van der Waals surface area contributed by atoms with Gasteiger partial charge in [0.05, 0.1) is 0 Å². The van der Waals surface area contributed by atoms with Crippen LogP contribution in [0.25, 0.3) is 0 Å². The van der Waals surface area contributed by atoms with E-state index in [0.717, 1.165) is 42.4 Å². The van der Waals surface area contributed by atoms with Gasteiger partial charge in [-0.05, 0) is 42.2 Å². The molecule has 1 aliphatic heterocycles. The van der Waals surface area contributed by atoms with Gasteiger partial charge in [-0.2, -0.15) is 0 Å². The topological polar surface area (TPSA) is 26.3 Å². The molecule has 1 heterocycles. The van der Waals surface area contributed by atoms with Crippen LogP contribution < -0.4 is 4.74 Å². The molecule has 2 aromatic rings. The molecule has 0 aliphatic carbocycles. The van der Waals surface area contributed by atoms with Crippen molar-refractivity contribution >= 4 is 6.29 Å². The van der Waals surface area contributed by atoms with Crippen LogP contribution in [0, 0.1) is 0 Å². The lowest BCUT2D eigenvalue weighted by atomic mass is 9.96. The second-order valence-electron chi connectivity index (χ2n) is 4.95. The van der Waals surface area contributed by atoms with Crippen LogP contribution in [0.4, 0.5) is 0 Å². The Bertz CT molecular complexity index is 575. The molecule has 96 valence electrons. The van der Waals surface area contributed by atoms with Crippen LogP contribution in [0.3, 0.4) is 0 Å². The number of benzene rings is 2. The van der Waals surface area contributed by atoms with Gasteiger partial charge in [-0.3, -0.25) is 4.79 Å². The Balaban J connectivity index is 1.74. The molecule has 2 heteroatoms. The highest BCUT2D eigenvalue weighted by atomic mass is 16.5. The highest BCUT2D eigenvalue weighted by Gasteiger charge is 2.20. The van der Waals surface area contributed by atoms with Crippen LogP contribution in [0.15, 0.2) is 48.5 Å². The summed E-state index contributed by atoms with van der Waals surface area (Å²) in [5, 5.41) is 0. The summed E-state index contributed by atoms with van der Waals surface area (Å²) in [7, 11) is 0. The van der Waals surface area contributed by atoms with Crippen molar-refractivity contribution in [3.63, 3.8) is 0 Å². The number of rotatable bonds is 3. The van der Waals surface area contributed by atoms with E-state index in [9.17, 15) is 4.79 Å². The SMILES string of the molecule is O=Cc1ccc2c(c1)CCC(Cc1ccccc1)O2. The van der Waals surface area contributed by atoms with Crippen molar-refractivity contribution in [2.24, 2.45) is 0 Å². The maximum Gasteiger partial charge on any atom is 0.150 e. The van der Waals surface area contributed by atoms with Gasteiger partial charge in [0.15, 0.2) is 0 Å². The minimum atomic E-state index is 0.233. The first-order valence-electron chi connectivity index (χ1n) is 6.64. The Hall–Kier alpha value is -2.09. The van der Waals surface area contributed by atoms with Gasteiger partial charge in [-0.25, -0.2) is 0 Å². The van der Waals surface area contributed by atoms with Gasteiger partial charge >= 0.3 is 0 Å². The minimum Gasteiger partial charge on any atom is -0.490 e. The maximum atomic E-state index is 10.8. The highest BCUT2D eigenvalue weighted by molar-refractivity contribution is 5.75. The molecule has 19 heavy (non-hydrogen) atoms. The molecule has 0 amide bonds. The van der Waals surface area contributed by atoms with Gasteiger partial charge in [0.2, 0.25) is 0 Å². The quantitative estimate of drug-likeness (QED) is 0.782. The van der Waals surface area contributed by atoms with E-state index in [-0.39, 0.29) is 6.10 Å². The Labute approximate surface area is 113 Å². The van der Waals surface area contributed by atoms with Gasteiger partial charge in [0.1, 0.15) is 18.1 Å². The van der Waals surface area contributed by atoms with Crippen molar-refractivity contribution in [1.29, 1.82) is 0 Å². The Morgan fingerprint density at radius 1 is 1.16 bits per heavy atom. The summed E-state index contributed by atoms with van der Waals surface area (Å²) in [4.78, 5) is 10.8. The van der Waals surface area contributed by atoms with Crippen LogP contribution >= 0.6 is 0 Å². The molecule has 0 N–H and O–H groups in total. The number of hydrogen-bond donors (Lipinski definition) is 0. The summed E-state index contributed by atoms with van der Waals surface area (Å²) in [6.45, 7) is 0. The first-order chi connectivity index (χ1) is 9.35. The molecule has 1 aliphatic rings. The summed E-state index contributed by atoms with van der Waals surface area (Å²) < 4.78 is 6.02. The molecule has 0 radical (unpaired) electrons. The van der Waals surface area contributed by atoms with Crippen molar-refractivity contribution in [2.45, 2.75) is 25.4 Å². The van der Waals surface area contributed by atoms with Crippen LogP contribution in [0.1, 0.15) is 27.9 Å². The molecule has 0 bridgehead atoms. The molecule has 0 aromatic heterocycles. The lowest BCUT2D eigenvalue weighted by Crippen LogP contribution is -2.25. The monoisotopic (exact) mass is 252 g/mol. The van der Waals surface area contributed by atoms with Crippen molar-refractivity contribution in [3.05, 3.63) is 65.2 Å². The maximum absolute atomic E-state index is 10.8. The van der Waals surface area contributed by atoms with E-state index in [0.29, 0.717) is 0 Å². The summed E-state index contributed by atoms with van der Waals surface area (Å²) in [6.07, 6.45) is 4.04. The molecule has 2 nitrogen and oxygen atoms in total. The summed E-state index contributed by atoms with van der Waals surface area (Å²) in [5.74, 6) is 0.929. The van der Waals surface area contributed by atoms with Crippen LogP contribution in [0.2, 0.25) is 0 Å². The van der Waals surface area contributed by atoms with E-state index in [1.54, 1.807) is 0 Å². The largest absolute Gasteiger partial charge is 0.490 e. The highest BCUT2D eigenvalue weighted by Crippen LogP contribution is 2.29. The fourth-order valence-electron chi connectivity index (χ4n) is 2.56. The van der Waals surface area contributed by atoms with E-state index in [4.69, 9.17) is 4.74 Å². The first kappa shape index (κ1) is 12.0. The van der Waals surface area contributed by atoms with E-state index in [1.807, 2.05) is 24.3 Å². The summed E-state index contributed by atoms with van der Waals surface area (Å²) >= 11 is 0. The number of carbonyl (C=O) groups is 1. The smallest absolute Gasteiger partial charge is 0.150 e. The molecular formula is C17H16O2. The third-order valence-electron chi connectivity index (χ3n) is 3.56. The summed E-state index contributed by atoms with van der Waals surface area (Å²) in [5.41, 5.74) is 3.18. The average Bonchev–Trinajstić information content (AvgIpc) is 2.48. The fourth-order valence-corrected chi connectivity index (χ4v) is 2.56. The zero-order valence-electron chi connectivity index (χ0n) is 10.7. The van der Waals surface area contributed by atoms with E-state index in [2.05, 4.69) is 24.3 Å². The van der Waals surface area contributed by atoms with Gasteiger partial charge < -0.3 is 4.74 Å². The van der Waals surface area contributed by atoms with Gasteiger partial charge in [-0.15, -0.1) is 0 Å². The van der Waals surface area contributed by atoms with Crippen molar-refractivity contribution in [1.82, 2.24) is 0 Å². The molecule has 2 aromatic carbocycles. The lowest BCUT2D eigenvalue weighted by Gasteiger charge is -2.26. The zero-order chi connectivity index (χ0) is 13.1. The van der Waals surface area contributed by atoms with E-state index >= 15 is 0 Å². The second-order valence-corrected chi connectivity index (χ2v) is 4.95. The number of aryl methyl sites for hydroxylation is 1. The Kier molecular flexibility index (Phi) is 3.32. The van der Waals surface area contributed by atoms with Crippen molar-refractivity contribution in [3.8, 4) is 5.75 Å². The molecule has 0 saturated carbocycles. The molecule has 1 unspecified atom stereocenters. The van der Waals surface area contributed by atoms with Crippen molar-refractivity contribution < 1.29 is 9.53 Å². The number of fused-ring (bicyclic) bond motifs is 1. The summed E-state index contributed by atoms with van der Waals surface area (Å²) in [6, 6.07) is 16.1. The first-order valence-corrected chi connectivity index (χ1v) is 6.64. The molecule has 0 saturated heterocycles. The van der Waals surface area contributed by atoms with Crippen LogP contribution in [-0.2, 0) is 12.8 Å². The van der Waals surface area contributed by atoms with Gasteiger partial charge in [-0.1, -0.05) is 30.3 Å². The number of aldehydes is 1. The van der Waals surface area contributed by atoms with Crippen molar-refractivity contribution in [2.75, 3.05) is 0 Å². The number of hydrogen-bond acceptors (Lipinski definition) is 2. The predicted molar refractivity (Wildman–Crippen MR) is 74.7 cm³/mol. The third-order valence-corrected chi connectivity index (χ3v) is 3.56. The average molecular weight is 252 g/mol. The van der Waals surface area contributed by atoms with Crippen LogP contribution in [-0.4, -0.2) is 12.4 Å². The number of ether oxygens (including phenoxy) is 1. The Morgan fingerprint density at radius 3 is 2.79 bits per heavy atom. The van der Waals surface area contributed by atoms with Gasteiger partial charge in [0.25, 0.3) is 0 Å². The van der Waals surface area contributed by atoms with E-state index in [1.165, 1.54) is 5.56 Å². The van der Waals surface area contributed by atoms with Crippen LogP contribution in [0.5, 0.6) is 5.75 Å². The zero-order valence-corrected chi connectivity index (χ0v) is 10.7.